The van der Waals surface area contributed by atoms with Gasteiger partial charge in [-0.15, -0.1) is 0 Å². The highest BCUT2D eigenvalue weighted by atomic mass is 14.9. The van der Waals surface area contributed by atoms with Crippen LogP contribution in [0.5, 0.6) is 0 Å². The fraction of sp³-hybridized carbons (Fsp3) is 0.0370. The highest BCUT2D eigenvalue weighted by Gasteiger charge is 2.14. The van der Waals surface area contributed by atoms with Crippen LogP contribution in [0, 0.1) is 6.92 Å². The average Bonchev–Trinajstić information content (AvgIpc) is 3.29. The van der Waals surface area contributed by atoms with Crippen molar-refractivity contribution in [1.82, 2.24) is 19.9 Å². The molecule has 0 aliphatic carbocycles. The zero-order valence-electron chi connectivity index (χ0n) is 32.0. The third kappa shape index (κ3) is 7.04. The number of fused-ring (bicyclic) bond motifs is 3. The fourth-order valence-electron chi connectivity index (χ4n) is 7.81. The highest BCUT2D eigenvalue weighted by Crippen LogP contribution is 2.35. The van der Waals surface area contributed by atoms with Crippen molar-refractivity contribution in [2.24, 2.45) is 0 Å². The van der Waals surface area contributed by atoms with E-state index in [0.29, 0.717) is 5.82 Å². The minimum atomic E-state index is 0.705. The van der Waals surface area contributed by atoms with Crippen LogP contribution in [0.25, 0.3) is 89.2 Å². The van der Waals surface area contributed by atoms with Gasteiger partial charge in [0.1, 0.15) is 0 Å². The van der Waals surface area contributed by atoms with Crippen LogP contribution in [-0.4, -0.2) is 19.9 Å². The summed E-state index contributed by atoms with van der Waals surface area (Å²) in [5, 5.41) is 2.18. The van der Waals surface area contributed by atoms with E-state index in [1.165, 1.54) is 22.3 Å². The number of aryl methyl sites for hydroxylation is 1. The lowest BCUT2D eigenvalue weighted by molar-refractivity contribution is 1.17. The molecule has 0 aliphatic rings. The Bertz CT molecular complexity index is 3050. The van der Waals surface area contributed by atoms with Crippen molar-refractivity contribution in [2.45, 2.75) is 13.3 Å². The molecule has 0 unspecified atom stereocenters. The molecule has 0 amide bonds. The van der Waals surface area contributed by atoms with E-state index in [2.05, 4.69) is 177 Å². The van der Waals surface area contributed by atoms with Gasteiger partial charge < -0.3 is 0 Å². The summed E-state index contributed by atoms with van der Waals surface area (Å²) in [5.74, 6) is 0.705. The average molecular weight is 743 g/mol. The van der Waals surface area contributed by atoms with E-state index in [4.69, 9.17) is 19.9 Å². The second kappa shape index (κ2) is 15.2. The van der Waals surface area contributed by atoms with Gasteiger partial charge in [0.2, 0.25) is 0 Å². The largest absolute Gasteiger partial charge is 0.251 e. The van der Waals surface area contributed by atoms with Gasteiger partial charge in [0, 0.05) is 38.7 Å². The lowest BCUT2D eigenvalue weighted by atomic mass is 9.95. The number of nitrogens with zero attached hydrogens (tertiary/aromatic N) is 4. The monoisotopic (exact) mass is 742 g/mol. The summed E-state index contributed by atoms with van der Waals surface area (Å²) in [6.45, 7) is 2.07. The van der Waals surface area contributed by atoms with Crippen molar-refractivity contribution < 1.29 is 0 Å². The second-order valence-electron chi connectivity index (χ2n) is 14.8. The predicted molar refractivity (Wildman–Crippen MR) is 239 cm³/mol. The SMILES string of the molecule is Cc1cc(-c2cccc(Cc3ccc(-c4cc(-c5ccccc5)nc(-c5ccc(-c6ccccc6)cc5)n4)cc3)c2)c2ccc3ccc(-c4ccccc4)nc3c2n1. The molecule has 4 nitrogen and oxygen atoms in total. The Balaban J connectivity index is 0.953. The summed E-state index contributed by atoms with van der Waals surface area (Å²) in [7, 11) is 0. The molecule has 58 heavy (non-hydrogen) atoms. The van der Waals surface area contributed by atoms with Gasteiger partial charge in [0.25, 0.3) is 0 Å². The molecule has 0 atom stereocenters. The molecular weight excluding hydrogens is 705 g/mol. The third-order valence-electron chi connectivity index (χ3n) is 10.8. The van der Waals surface area contributed by atoms with Crippen molar-refractivity contribution in [3.63, 3.8) is 0 Å². The molecule has 0 bridgehead atoms. The van der Waals surface area contributed by atoms with Crippen LogP contribution in [0.1, 0.15) is 16.8 Å². The molecule has 0 saturated carbocycles. The van der Waals surface area contributed by atoms with Gasteiger partial charge in [0.15, 0.2) is 5.82 Å². The van der Waals surface area contributed by atoms with E-state index in [1.54, 1.807) is 0 Å². The van der Waals surface area contributed by atoms with E-state index in [0.717, 1.165) is 84.4 Å². The molecule has 3 aromatic heterocycles. The second-order valence-corrected chi connectivity index (χ2v) is 14.8. The lowest BCUT2D eigenvalue weighted by Gasteiger charge is -2.13. The van der Waals surface area contributed by atoms with E-state index in [1.807, 2.05) is 30.3 Å². The molecule has 0 saturated heterocycles. The maximum Gasteiger partial charge on any atom is 0.160 e. The standard InChI is InChI=1S/C54H38N4/c1-36-32-48(47-30-28-44-29-31-49(41-15-7-3-8-16-41)56-52(44)53(47)55-36)46-19-11-12-38(34-46)33-37-20-22-43(23-21-37)51-35-50(42-17-9-4-10-18-42)57-54(58-51)45-26-24-40(25-27-45)39-13-5-2-6-14-39/h2-32,34-35H,33H2,1H3. The van der Waals surface area contributed by atoms with Crippen LogP contribution < -0.4 is 0 Å². The van der Waals surface area contributed by atoms with Crippen LogP contribution in [0.15, 0.2) is 200 Å². The number of aromatic nitrogens is 4. The number of benzene rings is 7. The first-order valence-corrected chi connectivity index (χ1v) is 19.7. The van der Waals surface area contributed by atoms with E-state index in [9.17, 15) is 0 Å². The van der Waals surface area contributed by atoms with Gasteiger partial charge in [-0.05, 0) is 64.9 Å². The smallest absolute Gasteiger partial charge is 0.160 e. The molecule has 0 fully saturated rings. The van der Waals surface area contributed by atoms with Crippen molar-refractivity contribution in [1.29, 1.82) is 0 Å². The fourth-order valence-corrected chi connectivity index (χ4v) is 7.81. The number of hydrogen-bond donors (Lipinski definition) is 0. The van der Waals surface area contributed by atoms with Crippen molar-refractivity contribution in [3.8, 4) is 67.4 Å². The topological polar surface area (TPSA) is 51.6 Å². The van der Waals surface area contributed by atoms with Crippen molar-refractivity contribution >= 4 is 21.8 Å². The van der Waals surface area contributed by atoms with Gasteiger partial charge in [0.05, 0.1) is 28.1 Å². The normalized spacial score (nSPS) is 11.3. The van der Waals surface area contributed by atoms with Gasteiger partial charge in [-0.3, -0.25) is 4.98 Å². The van der Waals surface area contributed by atoms with Gasteiger partial charge in [-0.1, -0.05) is 182 Å². The molecule has 0 radical (unpaired) electrons. The van der Waals surface area contributed by atoms with Crippen LogP contribution >= 0.6 is 0 Å². The third-order valence-corrected chi connectivity index (χ3v) is 10.8. The molecule has 0 aliphatic heterocycles. The Labute approximate surface area is 338 Å². The highest BCUT2D eigenvalue weighted by molar-refractivity contribution is 6.08. The van der Waals surface area contributed by atoms with Gasteiger partial charge in [-0.2, -0.15) is 0 Å². The maximum absolute atomic E-state index is 5.14. The number of hydrogen-bond acceptors (Lipinski definition) is 4. The molecule has 0 spiro atoms. The first-order valence-electron chi connectivity index (χ1n) is 19.7. The van der Waals surface area contributed by atoms with Crippen molar-refractivity contribution in [2.75, 3.05) is 0 Å². The Morgan fingerprint density at radius 2 is 0.897 bits per heavy atom. The summed E-state index contributed by atoms with van der Waals surface area (Å²) < 4.78 is 0. The molecular formula is C54H38N4. The predicted octanol–water partition coefficient (Wildman–Crippen LogP) is 13.5. The quantitative estimate of drug-likeness (QED) is 0.145. The van der Waals surface area contributed by atoms with E-state index in [-0.39, 0.29) is 0 Å². The lowest BCUT2D eigenvalue weighted by Crippen LogP contribution is -1.96. The molecule has 10 aromatic rings. The van der Waals surface area contributed by atoms with Gasteiger partial charge >= 0.3 is 0 Å². The molecule has 3 heterocycles. The van der Waals surface area contributed by atoms with Crippen molar-refractivity contribution in [3.05, 3.63) is 217 Å². The minimum absolute atomic E-state index is 0.705. The zero-order valence-corrected chi connectivity index (χ0v) is 32.0. The Hall–Kier alpha value is -7.56. The molecule has 4 heteroatoms. The number of rotatable bonds is 8. The summed E-state index contributed by atoms with van der Waals surface area (Å²) in [4.78, 5) is 20.3. The minimum Gasteiger partial charge on any atom is -0.251 e. The Morgan fingerprint density at radius 1 is 0.345 bits per heavy atom. The molecule has 7 aromatic carbocycles. The first kappa shape index (κ1) is 34.9. The maximum atomic E-state index is 5.14. The zero-order chi connectivity index (χ0) is 38.8. The van der Waals surface area contributed by atoms with Crippen LogP contribution in [0.3, 0.4) is 0 Å². The molecule has 274 valence electrons. The van der Waals surface area contributed by atoms with Gasteiger partial charge in [-0.25, -0.2) is 15.0 Å². The van der Waals surface area contributed by atoms with E-state index < -0.39 is 0 Å². The Kier molecular flexibility index (Phi) is 9.13. The summed E-state index contributed by atoms with van der Waals surface area (Å²) in [6, 6.07) is 70.2. The first-order chi connectivity index (χ1) is 28.6. The van der Waals surface area contributed by atoms with Crippen LogP contribution in [0.4, 0.5) is 0 Å². The molecule has 0 N–H and O–H groups in total. The Morgan fingerprint density at radius 3 is 1.59 bits per heavy atom. The van der Waals surface area contributed by atoms with Crippen LogP contribution in [-0.2, 0) is 6.42 Å². The summed E-state index contributed by atoms with van der Waals surface area (Å²) >= 11 is 0. The number of pyridine rings is 2. The summed E-state index contributed by atoms with van der Waals surface area (Å²) in [5.41, 5.74) is 16.9. The molecule has 10 rings (SSSR count). The van der Waals surface area contributed by atoms with Crippen LogP contribution in [0.2, 0.25) is 0 Å². The summed E-state index contributed by atoms with van der Waals surface area (Å²) in [6.07, 6.45) is 0.805. The van der Waals surface area contributed by atoms with E-state index >= 15 is 0 Å².